The Morgan fingerprint density at radius 2 is 1.76 bits per heavy atom. The molecule has 0 N–H and O–H groups in total. The van der Waals surface area contributed by atoms with E-state index in [9.17, 15) is 0 Å². The summed E-state index contributed by atoms with van der Waals surface area (Å²) in [5.41, 5.74) is 3.09. The Balaban J connectivity index is 1.71. The van der Waals surface area contributed by atoms with Gasteiger partial charge < -0.3 is 0 Å². The molecular formula is C15H23NS. The van der Waals surface area contributed by atoms with Crippen LogP contribution in [0, 0.1) is 0 Å². The molecule has 0 fully saturated rings. The van der Waals surface area contributed by atoms with E-state index in [4.69, 9.17) is 0 Å². The van der Waals surface area contributed by atoms with Gasteiger partial charge in [0, 0.05) is 13.1 Å². The molecule has 1 nitrogen and oxygen atoms in total. The number of fused-ring (bicyclic) bond motifs is 1. The van der Waals surface area contributed by atoms with Crippen LogP contribution in [0.4, 0.5) is 0 Å². The van der Waals surface area contributed by atoms with E-state index in [2.05, 4.69) is 41.8 Å². The lowest BCUT2D eigenvalue weighted by molar-refractivity contribution is 0.248. The van der Waals surface area contributed by atoms with Crippen LogP contribution in [0.1, 0.15) is 36.8 Å². The zero-order valence-corrected chi connectivity index (χ0v) is 11.5. The van der Waals surface area contributed by atoms with Crippen LogP contribution in [0.3, 0.4) is 0 Å². The van der Waals surface area contributed by atoms with Crippen molar-refractivity contribution in [2.75, 3.05) is 18.8 Å². The Bertz CT molecular complexity index is 337. The highest BCUT2D eigenvalue weighted by Crippen LogP contribution is 2.18. The Hall–Kier alpha value is -0.470. The number of hydrogen-bond donors (Lipinski definition) is 1. The summed E-state index contributed by atoms with van der Waals surface area (Å²) >= 11 is 4.25. The van der Waals surface area contributed by atoms with Crippen LogP contribution in [-0.2, 0) is 13.0 Å². The molecule has 94 valence electrons. The van der Waals surface area contributed by atoms with E-state index in [1.807, 2.05) is 0 Å². The predicted octanol–water partition coefficient (Wildman–Crippen LogP) is 3.53. The van der Waals surface area contributed by atoms with Crippen LogP contribution in [0.2, 0.25) is 0 Å². The van der Waals surface area contributed by atoms with Crippen molar-refractivity contribution in [1.29, 1.82) is 0 Å². The molecule has 2 rings (SSSR count). The zero-order chi connectivity index (χ0) is 11.9. The summed E-state index contributed by atoms with van der Waals surface area (Å²) < 4.78 is 0. The van der Waals surface area contributed by atoms with Crippen molar-refractivity contribution in [3.8, 4) is 0 Å². The molecule has 0 unspecified atom stereocenters. The second-order valence-corrected chi connectivity index (χ2v) is 5.38. The molecule has 2 heteroatoms. The summed E-state index contributed by atoms with van der Waals surface area (Å²) in [7, 11) is 0. The van der Waals surface area contributed by atoms with Crippen molar-refractivity contribution in [2.45, 2.75) is 38.6 Å². The molecule has 1 aliphatic heterocycles. The second kappa shape index (κ2) is 7.07. The first-order chi connectivity index (χ1) is 8.40. The van der Waals surface area contributed by atoms with Gasteiger partial charge >= 0.3 is 0 Å². The molecule has 0 atom stereocenters. The molecule has 1 aromatic carbocycles. The van der Waals surface area contributed by atoms with Crippen LogP contribution >= 0.6 is 12.6 Å². The minimum atomic E-state index is 1.04. The van der Waals surface area contributed by atoms with Crippen LogP contribution < -0.4 is 0 Å². The lowest BCUT2D eigenvalue weighted by Gasteiger charge is -2.28. The highest BCUT2D eigenvalue weighted by Gasteiger charge is 2.14. The summed E-state index contributed by atoms with van der Waals surface area (Å²) in [6.45, 7) is 3.66. The molecule has 0 saturated heterocycles. The van der Waals surface area contributed by atoms with Gasteiger partial charge in [-0.2, -0.15) is 12.6 Å². The highest BCUT2D eigenvalue weighted by molar-refractivity contribution is 7.80. The van der Waals surface area contributed by atoms with Gasteiger partial charge in [-0.15, -0.1) is 0 Å². The normalized spacial score (nSPS) is 15.8. The number of thiol groups is 1. The average molecular weight is 249 g/mol. The Morgan fingerprint density at radius 1 is 1.00 bits per heavy atom. The maximum absolute atomic E-state index is 4.25. The van der Waals surface area contributed by atoms with Crippen molar-refractivity contribution in [3.63, 3.8) is 0 Å². The van der Waals surface area contributed by atoms with Gasteiger partial charge in [-0.1, -0.05) is 37.1 Å². The van der Waals surface area contributed by atoms with E-state index >= 15 is 0 Å². The van der Waals surface area contributed by atoms with E-state index in [0.717, 1.165) is 12.3 Å². The van der Waals surface area contributed by atoms with E-state index in [-0.39, 0.29) is 0 Å². The van der Waals surface area contributed by atoms with E-state index < -0.39 is 0 Å². The second-order valence-electron chi connectivity index (χ2n) is 4.93. The smallest absolute Gasteiger partial charge is 0.0236 e. The van der Waals surface area contributed by atoms with Gasteiger partial charge in [-0.25, -0.2) is 0 Å². The molecule has 0 radical (unpaired) electrons. The summed E-state index contributed by atoms with van der Waals surface area (Å²) in [6, 6.07) is 8.88. The molecule has 0 amide bonds. The zero-order valence-electron chi connectivity index (χ0n) is 10.6. The predicted molar refractivity (Wildman–Crippen MR) is 77.7 cm³/mol. The third-order valence-electron chi connectivity index (χ3n) is 3.59. The standard InChI is InChI=1S/C15H23NS/c17-12-6-2-1-5-10-16-11-9-14-7-3-4-8-15(14)13-16/h3-4,7-8,17H,1-2,5-6,9-13H2. The fourth-order valence-electron chi connectivity index (χ4n) is 2.55. The molecule has 0 aliphatic carbocycles. The van der Waals surface area contributed by atoms with Crippen LogP contribution in [0.15, 0.2) is 24.3 Å². The van der Waals surface area contributed by atoms with Gasteiger partial charge in [0.1, 0.15) is 0 Å². The van der Waals surface area contributed by atoms with Crippen LogP contribution in [0.25, 0.3) is 0 Å². The summed E-state index contributed by atoms with van der Waals surface area (Å²) in [4.78, 5) is 2.60. The van der Waals surface area contributed by atoms with Crippen LogP contribution in [0.5, 0.6) is 0 Å². The lowest BCUT2D eigenvalue weighted by Crippen LogP contribution is -2.31. The number of rotatable bonds is 6. The number of benzene rings is 1. The molecule has 1 heterocycles. The Morgan fingerprint density at radius 3 is 2.59 bits per heavy atom. The molecule has 1 aliphatic rings. The minimum Gasteiger partial charge on any atom is -0.299 e. The van der Waals surface area contributed by atoms with Gasteiger partial charge in [-0.05, 0) is 42.7 Å². The topological polar surface area (TPSA) is 3.24 Å². The molecule has 0 aromatic heterocycles. The van der Waals surface area contributed by atoms with Gasteiger partial charge in [-0.3, -0.25) is 4.90 Å². The quantitative estimate of drug-likeness (QED) is 0.596. The maximum Gasteiger partial charge on any atom is 0.0236 e. The van der Waals surface area contributed by atoms with Crippen molar-refractivity contribution in [1.82, 2.24) is 4.90 Å². The van der Waals surface area contributed by atoms with E-state index in [1.165, 1.54) is 50.8 Å². The maximum atomic E-state index is 4.25. The first-order valence-corrected chi connectivity index (χ1v) is 7.43. The minimum absolute atomic E-state index is 1.04. The van der Waals surface area contributed by atoms with Crippen LogP contribution in [-0.4, -0.2) is 23.7 Å². The summed E-state index contributed by atoms with van der Waals surface area (Å²) in [5.74, 6) is 1.04. The monoisotopic (exact) mass is 249 g/mol. The first-order valence-electron chi connectivity index (χ1n) is 6.80. The third-order valence-corrected chi connectivity index (χ3v) is 3.91. The van der Waals surface area contributed by atoms with Crippen molar-refractivity contribution >= 4 is 12.6 Å². The van der Waals surface area contributed by atoms with Crippen molar-refractivity contribution < 1.29 is 0 Å². The Kier molecular flexibility index (Phi) is 5.40. The van der Waals surface area contributed by atoms with Crippen molar-refractivity contribution in [3.05, 3.63) is 35.4 Å². The van der Waals surface area contributed by atoms with Gasteiger partial charge in [0.15, 0.2) is 0 Å². The van der Waals surface area contributed by atoms with Crippen molar-refractivity contribution in [2.24, 2.45) is 0 Å². The number of hydrogen-bond acceptors (Lipinski definition) is 2. The molecule has 1 aromatic rings. The Labute approximate surface area is 111 Å². The first kappa shape index (κ1) is 13.0. The largest absolute Gasteiger partial charge is 0.299 e. The highest BCUT2D eigenvalue weighted by atomic mass is 32.1. The fraction of sp³-hybridized carbons (Fsp3) is 0.600. The molecular weight excluding hydrogens is 226 g/mol. The molecule has 0 spiro atoms. The fourth-order valence-corrected chi connectivity index (χ4v) is 2.77. The number of unbranched alkanes of at least 4 members (excludes halogenated alkanes) is 3. The molecule has 0 saturated carbocycles. The van der Waals surface area contributed by atoms with E-state index in [1.54, 1.807) is 5.56 Å². The van der Waals surface area contributed by atoms with Gasteiger partial charge in [0.05, 0.1) is 0 Å². The lowest BCUT2D eigenvalue weighted by atomic mass is 10.00. The number of nitrogens with zero attached hydrogens (tertiary/aromatic N) is 1. The van der Waals surface area contributed by atoms with Gasteiger partial charge in [0.25, 0.3) is 0 Å². The van der Waals surface area contributed by atoms with E-state index in [0.29, 0.717) is 0 Å². The third kappa shape index (κ3) is 4.04. The molecule has 0 bridgehead atoms. The SMILES string of the molecule is SCCCCCCN1CCc2ccccc2C1. The summed E-state index contributed by atoms with van der Waals surface area (Å²) in [6.07, 6.45) is 6.54. The average Bonchev–Trinajstić information content (AvgIpc) is 2.38. The molecule has 17 heavy (non-hydrogen) atoms. The van der Waals surface area contributed by atoms with Gasteiger partial charge in [0.2, 0.25) is 0 Å². The summed E-state index contributed by atoms with van der Waals surface area (Å²) in [5, 5.41) is 0.